The molecule has 1 spiro atoms. The molecule has 0 aromatic heterocycles. The molecule has 0 aliphatic heterocycles. The van der Waals surface area contributed by atoms with Gasteiger partial charge in [-0.05, 0) is 192 Å². The Morgan fingerprint density at radius 2 is 0.490 bits per heavy atom. The summed E-state index contributed by atoms with van der Waals surface area (Å²) >= 11 is 0. The topological polar surface area (TPSA) is 0 Å². The first-order valence-electron chi connectivity index (χ1n) is 36.7. The molecule has 4 aliphatic rings. The molecule has 0 unspecified atom stereocenters. The van der Waals surface area contributed by atoms with Crippen molar-refractivity contribution in [2.45, 2.75) is 78.6 Å². The molecule has 16 aromatic rings. The number of rotatable bonds is 3. The monoisotopic (exact) mass is 1340 g/mol. The van der Waals surface area contributed by atoms with E-state index in [-0.39, 0.29) is 16.2 Å². The van der Waals surface area contributed by atoms with Gasteiger partial charge in [0.25, 0.3) is 0 Å². The van der Waals surface area contributed by atoms with Gasteiger partial charge in [0.05, 0.1) is 10.8 Å². The van der Waals surface area contributed by atoms with Crippen molar-refractivity contribution in [1.82, 2.24) is 0 Å². The van der Waals surface area contributed by atoms with Gasteiger partial charge in [0, 0.05) is 5.41 Å². The Kier molecular flexibility index (Phi) is 18.8. The molecule has 0 fully saturated rings. The molecule has 0 amide bonds. The molecule has 0 N–H and O–H groups in total. The largest absolute Gasteiger partial charge is 0.0725 e. The lowest BCUT2D eigenvalue weighted by Crippen LogP contribution is -2.28. The Labute approximate surface area is 616 Å². The minimum absolute atomic E-state index is 0.142. The van der Waals surface area contributed by atoms with Gasteiger partial charge in [-0.25, -0.2) is 0 Å². The highest BCUT2D eigenvalue weighted by molar-refractivity contribution is 5.95. The predicted molar refractivity (Wildman–Crippen MR) is 443 cm³/mol. The van der Waals surface area contributed by atoms with E-state index >= 15 is 0 Å². The number of fused-ring (bicyclic) bond motifs is 18. The van der Waals surface area contributed by atoms with Crippen molar-refractivity contribution >= 4 is 21.5 Å². The molecule has 0 saturated heterocycles. The maximum atomic E-state index is 2.40. The van der Waals surface area contributed by atoms with Crippen LogP contribution in [-0.4, -0.2) is 0 Å². The summed E-state index contributed by atoms with van der Waals surface area (Å²) in [7, 11) is 0. The van der Waals surface area contributed by atoms with Gasteiger partial charge in [0.15, 0.2) is 0 Å². The first-order chi connectivity index (χ1) is 50.7. The molecule has 0 heterocycles. The second-order valence-electron chi connectivity index (χ2n) is 29.1. The van der Waals surface area contributed by atoms with E-state index in [4.69, 9.17) is 0 Å². The highest BCUT2D eigenvalue weighted by Gasteiger charge is 2.51. The van der Waals surface area contributed by atoms with E-state index in [0.29, 0.717) is 0 Å². The highest BCUT2D eigenvalue weighted by Crippen LogP contribution is 2.63. The second kappa shape index (κ2) is 28.8. The van der Waals surface area contributed by atoms with E-state index in [2.05, 4.69) is 426 Å². The second-order valence-corrected chi connectivity index (χ2v) is 29.1. The van der Waals surface area contributed by atoms with E-state index in [1.54, 1.807) is 0 Å². The van der Waals surface area contributed by atoms with Gasteiger partial charge in [0.2, 0.25) is 0 Å². The molecule has 4 aliphatic carbocycles. The van der Waals surface area contributed by atoms with Crippen LogP contribution in [0.25, 0.3) is 77.2 Å². The van der Waals surface area contributed by atoms with Crippen LogP contribution in [0.1, 0.15) is 108 Å². The Bertz CT molecular complexity index is 5520. The van der Waals surface area contributed by atoms with Crippen LogP contribution in [0.3, 0.4) is 0 Å². The van der Waals surface area contributed by atoms with Gasteiger partial charge in [0.1, 0.15) is 0 Å². The lowest BCUT2D eigenvalue weighted by atomic mass is 9.67. The van der Waals surface area contributed by atoms with Crippen LogP contribution in [0.4, 0.5) is 0 Å². The molecular weight excluding hydrogens is 1250 g/mol. The molecular formula is C104H88. The van der Waals surface area contributed by atoms with Gasteiger partial charge < -0.3 is 0 Å². The van der Waals surface area contributed by atoms with Gasteiger partial charge in [-0.2, -0.15) is 0 Å². The third-order valence-electron chi connectivity index (χ3n) is 21.9. The van der Waals surface area contributed by atoms with Crippen LogP contribution >= 0.6 is 0 Å². The van der Waals surface area contributed by atoms with Gasteiger partial charge >= 0.3 is 0 Å². The molecule has 0 heteroatoms. The molecule has 104 heavy (non-hydrogen) atoms. The normalized spacial score (nSPS) is 13.1. The zero-order valence-corrected chi connectivity index (χ0v) is 61.2. The zero-order valence-electron chi connectivity index (χ0n) is 61.2. The predicted octanol–water partition coefficient (Wildman–Crippen LogP) is 27.3. The van der Waals surface area contributed by atoms with Gasteiger partial charge in [-0.1, -0.05) is 412 Å². The van der Waals surface area contributed by atoms with Crippen molar-refractivity contribution in [1.29, 1.82) is 0 Å². The first kappa shape index (κ1) is 67.8. The summed E-state index contributed by atoms with van der Waals surface area (Å²) in [5, 5.41) is 5.33. The zero-order chi connectivity index (χ0) is 71.5. The fourth-order valence-electron chi connectivity index (χ4n) is 16.9. The third kappa shape index (κ3) is 12.4. The number of aryl methyl sites for hydroxylation is 7. The van der Waals surface area contributed by atoms with Crippen molar-refractivity contribution < 1.29 is 0 Å². The van der Waals surface area contributed by atoms with Crippen molar-refractivity contribution in [3.63, 3.8) is 0 Å². The average Bonchev–Trinajstić information content (AvgIpc) is 1.51. The molecule has 20 rings (SSSR count). The van der Waals surface area contributed by atoms with Crippen LogP contribution in [0.15, 0.2) is 370 Å². The summed E-state index contributed by atoms with van der Waals surface area (Å²) < 4.78 is 0. The molecule has 504 valence electrons. The molecule has 0 saturated carbocycles. The minimum atomic E-state index is -0.263. The van der Waals surface area contributed by atoms with E-state index in [1.165, 1.54) is 172 Å². The van der Waals surface area contributed by atoms with Crippen LogP contribution < -0.4 is 0 Å². The van der Waals surface area contributed by atoms with Crippen LogP contribution in [0.2, 0.25) is 0 Å². The van der Waals surface area contributed by atoms with E-state index in [1.807, 2.05) is 6.07 Å². The summed E-state index contributed by atoms with van der Waals surface area (Å²) in [6.45, 7) is 19.8. The summed E-state index contributed by atoms with van der Waals surface area (Å²) in [6.07, 6.45) is 0. The maximum absolute atomic E-state index is 2.40. The molecule has 0 radical (unpaired) electrons. The first-order valence-corrected chi connectivity index (χ1v) is 36.7. The Hall–Kier alpha value is -12.0. The molecule has 0 atom stereocenters. The molecule has 16 aromatic carbocycles. The van der Waals surface area contributed by atoms with Gasteiger partial charge in [-0.3, -0.25) is 0 Å². The van der Waals surface area contributed by atoms with Gasteiger partial charge in [-0.15, -0.1) is 0 Å². The minimum Gasteiger partial charge on any atom is -0.0622 e. The third-order valence-corrected chi connectivity index (χ3v) is 21.9. The van der Waals surface area contributed by atoms with Crippen molar-refractivity contribution in [3.05, 3.63) is 465 Å². The maximum Gasteiger partial charge on any atom is 0.0725 e. The lowest BCUT2D eigenvalue weighted by Gasteiger charge is -2.34. The number of hydrogen-bond acceptors (Lipinski definition) is 0. The number of hydrogen-bond donors (Lipinski definition) is 0. The standard InChI is InChI=1S/C26H18.C26H20.C17H18.C13H12.2C11H10/c1-17-14-15-21-20-10-4-7-13-24(20)26(25(21)16-17)22-11-5-2-8-18(22)19-9-3-6-12-23(19)26;1-19-16-17-23-22-14-8-9-15-24(22)26(25(23)18-19,20-10-4-2-5-11-20)21-12-6-3-7-13-21;1-11-5-7-13-14-8-6-12(2)10-16(14)17(3,4)15(13)9-11;1-11-7-5-6-10-13(11)12-8-3-2-4-9-12;1-9-5-4-7-10-6-2-3-8-11(9)10;1-9-6-7-10-4-2-3-5-11(10)8-9/h2-16H,1H3;2-18H,1H3;5-10H,1-4H3;2-10H,1H3;2*2-8H,1H3. The van der Waals surface area contributed by atoms with Crippen LogP contribution in [0, 0.1) is 48.5 Å². The smallest absolute Gasteiger partial charge is 0.0622 e. The summed E-state index contributed by atoms with van der Waals surface area (Å²) in [4.78, 5) is 0. The van der Waals surface area contributed by atoms with E-state index in [9.17, 15) is 0 Å². The van der Waals surface area contributed by atoms with Crippen molar-refractivity contribution in [2.24, 2.45) is 0 Å². The molecule has 0 bridgehead atoms. The average molecular weight is 1340 g/mol. The summed E-state index contributed by atoms with van der Waals surface area (Å²) in [6, 6.07) is 134. The Morgan fingerprint density at radius 3 is 0.952 bits per heavy atom. The van der Waals surface area contributed by atoms with Crippen LogP contribution in [-0.2, 0) is 16.2 Å². The fourth-order valence-corrected chi connectivity index (χ4v) is 16.9. The van der Waals surface area contributed by atoms with Crippen molar-refractivity contribution in [3.8, 4) is 55.6 Å². The fraction of sp³-hybridized carbons (Fsp3) is 0.115. The number of benzene rings is 16. The Morgan fingerprint density at radius 1 is 0.183 bits per heavy atom. The summed E-state index contributed by atoms with van der Waals surface area (Å²) in [5.41, 5.74) is 36.6. The van der Waals surface area contributed by atoms with E-state index in [0.717, 1.165) is 0 Å². The molecule has 0 nitrogen and oxygen atoms in total. The highest BCUT2D eigenvalue weighted by atomic mass is 14.5. The SMILES string of the molecule is Cc1ccc2c(c1)C(C)(C)c1cc(C)ccc1-2.Cc1ccc2c(c1)C(c1ccccc1)(c1ccccc1)c1ccccc1-2.Cc1ccc2c(c1)C1(c3ccccc3-c3ccccc31)c1ccccc1-2.Cc1ccc2ccccc2c1.Cc1cccc2ccccc12.Cc1ccccc1-c1ccccc1. The van der Waals surface area contributed by atoms with Crippen molar-refractivity contribution in [2.75, 3.05) is 0 Å². The van der Waals surface area contributed by atoms with E-state index < -0.39 is 0 Å². The summed E-state index contributed by atoms with van der Waals surface area (Å²) in [5.74, 6) is 0. The van der Waals surface area contributed by atoms with Crippen LogP contribution in [0.5, 0.6) is 0 Å². The Balaban J connectivity index is 0.000000104. The quantitative estimate of drug-likeness (QED) is 0.165. The lowest BCUT2D eigenvalue weighted by molar-refractivity contribution is 0.659.